The van der Waals surface area contributed by atoms with Crippen LogP contribution in [-0.4, -0.2) is 64.9 Å². The normalized spacial score (nSPS) is 14.1. The van der Waals surface area contributed by atoms with Crippen LogP contribution >= 0.6 is 0 Å². The predicted octanol–water partition coefficient (Wildman–Crippen LogP) is 2.60. The minimum Gasteiger partial charge on any atom is -0.480 e. The summed E-state index contributed by atoms with van der Waals surface area (Å²) in [5.74, 6) is -1.69. The molecule has 0 radical (unpaired) electrons. The van der Waals surface area contributed by atoms with Crippen LogP contribution in [0.2, 0.25) is 0 Å². The van der Waals surface area contributed by atoms with Gasteiger partial charge in [-0.25, -0.2) is 9.59 Å². The minimum absolute atomic E-state index is 0.0738. The number of aliphatic hydroxyl groups excluding tert-OH is 1. The van der Waals surface area contributed by atoms with Crippen molar-refractivity contribution in [2.24, 2.45) is 0 Å². The van der Waals surface area contributed by atoms with Gasteiger partial charge in [-0.2, -0.15) is 0 Å². The lowest BCUT2D eigenvalue weighted by atomic mass is 9.98. The lowest BCUT2D eigenvalue weighted by Gasteiger charge is -2.26. The van der Waals surface area contributed by atoms with Crippen LogP contribution in [0, 0.1) is 0 Å². The van der Waals surface area contributed by atoms with Crippen LogP contribution in [0.1, 0.15) is 37.3 Å². The molecule has 0 saturated heterocycles. The Hall–Kier alpha value is -3.39. The van der Waals surface area contributed by atoms with E-state index in [1.807, 2.05) is 48.5 Å². The first-order valence-electron chi connectivity index (χ1n) is 10.6. The van der Waals surface area contributed by atoms with E-state index in [1.165, 1.54) is 11.8 Å². The highest BCUT2D eigenvalue weighted by molar-refractivity contribution is 5.83. The monoisotopic (exact) mass is 440 g/mol. The maximum Gasteiger partial charge on any atom is 0.407 e. The largest absolute Gasteiger partial charge is 0.480 e. The Morgan fingerprint density at radius 2 is 1.62 bits per heavy atom. The lowest BCUT2D eigenvalue weighted by Crippen LogP contribution is -2.45. The molecule has 0 aromatic heterocycles. The van der Waals surface area contributed by atoms with Crippen LogP contribution in [-0.2, 0) is 14.3 Å². The standard InChI is InChI=1S/C24H28N2O6/c1-3-26(15(2)23(29)30)22(28)12-16(27)13-25-24(31)32-14-21-19-10-6-4-8-17(19)18-9-5-7-11-20(18)21/h4-11,15-16,21,27H,3,12-14H2,1-2H3,(H,25,31)(H,29,30). The first kappa shape index (κ1) is 23.3. The number of likely N-dealkylation sites (N-methyl/N-ethyl adjacent to an activating group) is 1. The fourth-order valence-corrected chi connectivity index (χ4v) is 4.04. The smallest absolute Gasteiger partial charge is 0.407 e. The number of fused-ring (bicyclic) bond motifs is 3. The number of aliphatic hydroxyl groups is 1. The summed E-state index contributed by atoms with van der Waals surface area (Å²) in [6.45, 7) is 3.25. The van der Waals surface area contributed by atoms with E-state index >= 15 is 0 Å². The molecule has 2 amide bonds. The van der Waals surface area contributed by atoms with Gasteiger partial charge in [0.15, 0.2) is 0 Å². The van der Waals surface area contributed by atoms with Crippen molar-refractivity contribution < 1.29 is 29.3 Å². The number of carboxylic acids is 1. The van der Waals surface area contributed by atoms with Crippen LogP contribution in [0.25, 0.3) is 11.1 Å². The molecule has 0 bridgehead atoms. The van der Waals surface area contributed by atoms with Crippen LogP contribution in [0.5, 0.6) is 0 Å². The van der Waals surface area contributed by atoms with E-state index in [1.54, 1.807) is 6.92 Å². The van der Waals surface area contributed by atoms with Crippen molar-refractivity contribution in [1.82, 2.24) is 10.2 Å². The third kappa shape index (κ3) is 5.08. The minimum atomic E-state index is -1.15. The van der Waals surface area contributed by atoms with E-state index in [2.05, 4.69) is 5.32 Å². The molecular weight excluding hydrogens is 412 g/mol. The highest BCUT2D eigenvalue weighted by Gasteiger charge is 2.29. The summed E-state index contributed by atoms with van der Waals surface area (Å²) in [6.07, 6.45) is -2.14. The highest BCUT2D eigenvalue weighted by atomic mass is 16.5. The van der Waals surface area contributed by atoms with Gasteiger partial charge in [-0.1, -0.05) is 48.5 Å². The van der Waals surface area contributed by atoms with Gasteiger partial charge in [0.2, 0.25) is 5.91 Å². The van der Waals surface area contributed by atoms with Gasteiger partial charge in [0.25, 0.3) is 0 Å². The second-order valence-corrected chi connectivity index (χ2v) is 7.76. The number of hydrogen-bond acceptors (Lipinski definition) is 5. The maximum absolute atomic E-state index is 12.3. The van der Waals surface area contributed by atoms with Gasteiger partial charge < -0.3 is 25.2 Å². The number of nitrogens with one attached hydrogen (secondary N) is 1. The SMILES string of the molecule is CCN(C(=O)CC(O)CNC(=O)OCC1c2ccccc2-c2ccccc21)C(C)C(=O)O. The molecule has 0 aliphatic heterocycles. The average molecular weight is 440 g/mol. The zero-order chi connectivity index (χ0) is 23.3. The molecule has 1 aliphatic rings. The molecule has 0 heterocycles. The number of ether oxygens (including phenoxy) is 1. The number of benzene rings is 2. The Bertz CT molecular complexity index is 946. The number of hydrogen-bond donors (Lipinski definition) is 3. The molecule has 2 atom stereocenters. The summed E-state index contributed by atoms with van der Waals surface area (Å²) < 4.78 is 5.40. The number of carbonyl (C=O) groups is 3. The number of carbonyl (C=O) groups excluding carboxylic acids is 2. The van der Waals surface area contributed by atoms with Crippen LogP contribution in [0.4, 0.5) is 4.79 Å². The van der Waals surface area contributed by atoms with Gasteiger partial charge >= 0.3 is 12.1 Å². The van der Waals surface area contributed by atoms with Gasteiger partial charge in [-0.15, -0.1) is 0 Å². The van der Waals surface area contributed by atoms with Crippen molar-refractivity contribution in [3.63, 3.8) is 0 Å². The number of aliphatic carboxylic acids is 1. The third-order valence-electron chi connectivity index (χ3n) is 5.72. The molecule has 1 aliphatic carbocycles. The summed E-state index contributed by atoms with van der Waals surface area (Å²) in [6, 6.07) is 15.0. The quantitative estimate of drug-likeness (QED) is 0.552. The lowest BCUT2D eigenvalue weighted by molar-refractivity contribution is -0.150. The zero-order valence-corrected chi connectivity index (χ0v) is 18.2. The van der Waals surface area contributed by atoms with Crippen molar-refractivity contribution in [2.45, 2.75) is 38.3 Å². The second-order valence-electron chi connectivity index (χ2n) is 7.76. The Balaban J connectivity index is 1.51. The molecular formula is C24H28N2O6. The predicted molar refractivity (Wildman–Crippen MR) is 118 cm³/mol. The first-order chi connectivity index (χ1) is 15.3. The Kier molecular flexibility index (Phi) is 7.48. The summed E-state index contributed by atoms with van der Waals surface area (Å²) >= 11 is 0. The molecule has 8 heteroatoms. The van der Waals surface area contributed by atoms with Gasteiger partial charge in [0.1, 0.15) is 12.6 Å². The first-order valence-corrected chi connectivity index (χ1v) is 10.6. The summed E-state index contributed by atoms with van der Waals surface area (Å²) in [5, 5.41) is 21.7. The molecule has 3 rings (SSSR count). The van der Waals surface area contributed by atoms with E-state index in [4.69, 9.17) is 9.84 Å². The van der Waals surface area contributed by atoms with Crippen molar-refractivity contribution in [3.05, 3.63) is 59.7 Å². The van der Waals surface area contributed by atoms with Crippen LogP contribution < -0.4 is 5.32 Å². The van der Waals surface area contributed by atoms with E-state index < -0.39 is 30.1 Å². The highest BCUT2D eigenvalue weighted by Crippen LogP contribution is 2.44. The Morgan fingerprint density at radius 1 is 1.06 bits per heavy atom. The van der Waals surface area contributed by atoms with E-state index in [0.29, 0.717) is 0 Å². The molecule has 0 saturated carbocycles. The molecule has 3 N–H and O–H groups in total. The van der Waals surface area contributed by atoms with Gasteiger partial charge in [0, 0.05) is 19.0 Å². The summed E-state index contributed by atoms with van der Waals surface area (Å²) in [4.78, 5) is 36.7. The van der Waals surface area contributed by atoms with Crippen molar-refractivity contribution in [3.8, 4) is 11.1 Å². The number of alkyl carbamates (subject to hydrolysis) is 1. The van der Waals surface area contributed by atoms with Crippen LogP contribution in [0.3, 0.4) is 0 Å². The zero-order valence-electron chi connectivity index (χ0n) is 18.2. The Labute approximate surface area is 186 Å². The van der Waals surface area contributed by atoms with Gasteiger partial charge in [-0.3, -0.25) is 4.79 Å². The summed E-state index contributed by atoms with van der Waals surface area (Å²) in [5.41, 5.74) is 4.45. The second kappa shape index (κ2) is 10.3. The van der Waals surface area contributed by atoms with E-state index in [0.717, 1.165) is 22.3 Å². The number of amides is 2. The van der Waals surface area contributed by atoms with Gasteiger partial charge in [0.05, 0.1) is 12.5 Å². The van der Waals surface area contributed by atoms with Crippen molar-refractivity contribution in [1.29, 1.82) is 0 Å². The number of rotatable bonds is 9. The molecule has 32 heavy (non-hydrogen) atoms. The van der Waals surface area contributed by atoms with Crippen molar-refractivity contribution in [2.75, 3.05) is 19.7 Å². The average Bonchev–Trinajstić information content (AvgIpc) is 3.10. The summed E-state index contributed by atoms with van der Waals surface area (Å²) in [7, 11) is 0. The molecule has 8 nitrogen and oxygen atoms in total. The van der Waals surface area contributed by atoms with Gasteiger partial charge in [-0.05, 0) is 36.1 Å². The van der Waals surface area contributed by atoms with E-state index in [9.17, 15) is 19.5 Å². The third-order valence-corrected chi connectivity index (χ3v) is 5.72. The molecule has 0 fully saturated rings. The molecule has 0 spiro atoms. The topological polar surface area (TPSA) is 116 Å². The van der Waals surface area contributed by atoms with Crippen LogP contribution in [0.15, 0.2) is 48.5 Å². The van der Waals surface area contributed by atoms with E-state index in [-0.39, 0.29) is 32.0 Å². The molecule has 2 aromatic rings. The fourth-order valence-electron chi connectivity index (χ4n) is 4.04. The number of nitrogens with zero attached hydrogens (tertiary/aromatic N) is 1. The maximum atomic E-state index is 12.3. The molecule has 170 valence electrons. The Morgan fingerprint density at radius 3 is 2.16 bits per heavy atom. The fraction of sp³-hybridized carbons (Fsp3) is 0.375. The molecule has 2 unspecified atom stereocenters. The molecule has 2 aromatic carbocycles. The van der Waals surface area contributed by atoms with Crippen molar-refractivity contribution >= 4 is 18.0 Å². The number of carboxylic acid groups (broad SMARTS) is 1.